The predicted octanol–water partition coefficient (Wildman–Crippen LogP) is -0.344. The Balaban J connectivity index is 1.83. The molecule has 7 heteroatoms. The topological polar surface area (TPSA) is 108 Å². The van der Waals surface area contributed by atoms with Crippen LogP contribution in [0.25, 0.3) is 0 Å². The minimum Gasteiger partial charge on any atom is -0.480 e. The molecule has 1 aliphatic heterocycles. The normalized spacial score (nSPS) is 20.4. The van der Waals surface area contributed by atoms with Gasteiger partial charge in [0.25, 0.3) is 5.91 Å². The van der Waals surface area contributed by atoms with Gasteiger partial charge in [0.15, 0.2) is 0 Å². The molecule has 0 unspecified atom stereocenters. The van der Waals surface area contributed by atoms with Crippen molar-refractivity contribution in [2.75, 3.05) is 13.1 Å². The average molecular weight is 305 g/mol. The van der Waals surface area contributed by atoms with E-state index in [2.05, 4.69) is 16.0 Å². The number of hydrogen-bond acceptors (Lipinski definition) is 4. The van der Waals surface area contributed by atoms with Gasteiger partial charge in [0.05, 0.1) is 6.04 Å². The Morgan fingerprint density at radius 1 is 1.27 bits per heavy atom. The van der Waals surface area contributed by atoms with Crippen molar-refractivity contribution in [2.45, 2.75) is 25.4 Å². The van der Waals surface area contributed by atoms with E-state index in [1.54, 1.807) is 12.1 Å². The molecule has 2 atom stereocenters. The lowest BCUT2D eigenvalue weighted by atomic mass is 10.1. The standard InChI is InChI=1S/C15H19N3O4/c1-9-2-4-10(5-3-9)14(21)18-11-6-12(16-7-11)15(22)17-8-13(19)20/h2-5,11-12,16H,6-8H2,1H3,(H,17,22)(H,18,21)(H,19,20)/t11-,12+/m1/s1. The van der Waals surface area contributed by atoms with E-state index in [0.717, 1.165) is 5.56 Å². The molecule has 4 N–H and O–H groups in total. The summed E-state index contributed by atoms with van der Waals surface area (Å²) >= 11 is 0. The zero-order valence-corrected chi connectivity index (χ0v) is 12.3. The number of aryl methyl sites for hydroxylation is 1. The number of carbonyl (C=O) groups is 3. The number of rotatable bonds is 5. The van der Waals surface area contributed by atoms with E-state index in [0.29, 0.717) is 18.5 Å². The smallest absolute Gasteiger partial charge is 0.322 e. The van der Waals surface area contributed by atoms with Crippen molar-refractivity contribution in [3.05, 3.63) is 35.4 Å². The molecule has 1 fully saturated rings. The first-order valence-corrected chi connectivity index (χ1v) is 7.06. The molecule has 0 spiro atoms. The third-order valence-corrected chi connectivity index (χ3v) is 3.51. The van der Waals surface area contributed by atoms with Gasteiger partial charge in [-0.25, -0.2) is 0 Å². The predicted molar refractivity (Wildman–Crippen MR) is 79.5 cm³/mol. The Morgan fingerprint density at radius 2 is 1.95 bits per heavy atom. The van der Waals surface area contributed by atoms with Crippen molar-refractivity contribution in [1.82, 2.24) is 16.0 Å². The van der Waals surface area contributed by atoms with E-state index < -0.39 is 18.6 Å². The Kier molecular flexibility index (Phi) is 5.11. The minimum atomic E-state index is -1.09. The molecular weight excluding hydrogens is 286 g/mol. The highest BCUT2D eigenvalue weighted by atomic mass is 16.4. The monoisotopic (exact) mass is 305 g/mol. The molecule has 0 radical (unpaired) electrons. The Bertz CT molecular complexity index is 571. The van der Waals surface area contributed by atoms with Gasteiger partial charge in [-0.05, 0) is 25.5 Å². The van der Waals surface area contributed by atoms with Crippen LogP contribution in [0.2, 0.25) is 0 Å². The molecule has 118 valence electrons. The van der Waals surface area contributed by atoms with Crippen LogP contribution in [-0.4, -0.2) is 48.1 Å². The number of carboxylic acids is 1. The number of amides is 2. The highest BCUT2D eigenvalue weighted by Gasteiger charge is 2.30. The highest BCUT2D eigenvalue weighted by molar-refractivity contribution is 5.94. The molecule has 0 aromatic heterocycles. The molecule has 1 aromatic rings. The number of nitrogens with one attached hydrogen (secondary N) is 3. The number of hydrogen-bond donors (Lipinski definition) is 4. The summed E-state index contributed by atoms with van der Waals surface area (Å²) in [6.45, 7) is 2.02. The summed E-state index contributed by atoms with van der Waals surface area (Å²) in [5, 5.41) is 16.7. The van der Waals surface area contributed by atoms with E-state index in [-0.39, 0.29) is 17.9 Å². The molecule has 0 aliphatic carbocycles. The average Bonchev–Trinajstić information content (AvgIpc) is 2.94. The molecule has 2 amide bonds. The van der Waals surface area contributed by atoms with Crippen LogP contribution >= 0.6 is 0 Å². The zero-order valence-electron chi connectivity index (χ0n) is 12.3. The number of benzene rings is 1. The second-order valence-electron chi connectivity index (χ2n) is 5.34. The summed E-state index contributed by atoms with van der Waals surface area (Å²) in [7, 11) is 0. The van der Waals surface area contributed by atoms with Gasteiger partial charge < -0.3 is 21.1 Å². The molecule has 1 aliphatic rings. The molecule has 7 nitrogen and oxygen atoms in total. The second-order valence-corrected chi connectivity index (χ2v) is 5.34. The van der Waals surface area contributed by atoms with Gasteiger partial charge in [-0.1, -0.05) is 17.7 Å². The van der Waals surface area contributed by atoms with Gasteiger partial charge in [-0.15, -0.1) is 0 Å². The highest BCUT2D eigenvalue weighted by Crippen LogP contribution is 2.09. The third-order valence-electron chi connectivity index (χ3n) is 3.51. The van der Waals surface area contributed by atoms with Crippen LogP contribution < -0.4 is 16.0 Å². The Morgan fingerprint density at radius 3 is 2.59 bits per heavy atom. The molecule has 0 saturated carbocycles. The number of carboxylic acid groups (broad SMARTS) is 1. The number of carbonyl (C=O) groups excluding carboxylic acids is 2. The first kappa shape index (κ1) is 16.0. The van der Waals surface area contributed by atoms with E-state index in [4.69, 9.17) is 5.11 Å². The van der Waals surface area contributed by atoms with Crippen molar-refractivity contribution < 1.29 is 19.5 Å². The van der Waals surface area contributed by atoms with E-state index in [1.807, 2.05) is 19.1 Å². The van der Waals surface area contributed by atoms with Crippen LogP contribution in [0, 0.1) is 6.92 Å². The zero-order chi connectivity index (χ0) is 16.1. The maximum Gasteiger partial charge on any atom is 0.322 e. The van der Waals surface area contributed by atoms with Crippen molar-refractivity contribution in [1.29, 1.82) is 0 Å². The van der Waals surface area contributed by atoms with Crippen LogP contribution in [0.5, 0.6) is 0 Å². The molecular formula is C15H19N3O4. The van der Waals surface area contributed by atoms with Crippen LogP contribution in [-0.2, 0) is 9.59 Å². The molecule has 1 saturated heterocycles. The van der Waals surface area contributed by atoms with Crippen LogP contribution in [0.1, 0.15) is 22.3 Å². The summed E-state index contributed by atoms with van der Waals surface area (Å²) in [5.74, 6) is -1.64. The van der Waals surface area contributed by atoms with Crippen LogP contribution in [0.3, 0.4) is 0 Å². The minimum absolute atomic E-state index is 0.158. The molecule has 1 heterocycles. The summed E-state index contributed by atoms with van der Waals surface area (Å²) in [6.07, 6.45) is 0.434. The SMILES string of the molecule is Cc1ccc(C(=O)N[C@H]2CN[C@H](C(=O)NCC(=O)O)C2)cc1. The number of aliphatic carboxylic acids is 1. The fourth-order valence-electron chi connectivity index (χ4n) is 2.30. The van der Waals surface area contributed by atoms with Crippen molar-refractivity contribution >= 4 is 17.8 Å². The quantitative estimate of drug-likeness (QED) is 0.595. The van der Waals surface area contributed by atoms with E-state index >= 15 is 0 Å². The van der Waals surface area contributed by atoms with Gasteiger partial charge in [0.2, 0.25) is 5.91 Å². The fourth-order valence-corrected chi connectivity index (χ4v) is 2.30. The first-order valence-electron chi connectivity index (χ1n) is 7.06. The van der Waals surface area contributed by atoms with Crippen molar-refractivity contribution in [3.8, 4) is 0 Å². The van der Waals surface area contributed by atoms with Gasteiger partial charge >= 0.3 is 5.97 Å². The van der Waals surface area contributed by atoms with E-state index in [9.17, 15) is 14.4 Å². The van der Waals surface area contributed by atoms with Gasteiger partial charge in [0.1, 0.15) is 6.54 Å². The van der Waals surface area contributed by atoms with Gasteiger partial charge in [-0.3, -0.25) is 14.4 Å². The van der Waals surface area contributed by atoms with Crippen molar-refractivity contribution in [3.63, 3.8) is 0 Å². The molecule has 22 heavy (non-hydrogen) atoms. The molecule has 0 bridgehead atoms. The third kappa shape index (κ3) is 4.29. The second kappa shape index (κ2) is 7.04. The van der Waals surface area contributed by atoms with Crippen molar-refractivity contribution in [2.24, 2.45) is 0 Å². The van der Waals surface area contributed by atoms with E-state index in [1.165, 1.54) is 0 Å². The molecule has 1 aromatic carbocycles. The first-order chi connectivity index (χ1) is 10.5. The summed E-state index contributed by atoms with van der Waals surface area (Å²) in [4.78, 5) is 34.2. The lowest BCUT2D eigenvalue weighted by Gasteiger charge is -2.12. The fraction of sp³-hybridized carbons (Fsp3) is 0.400. The summed E-state index contributed by atoms with van der Waals surface area (Å²) < 4.78 is 0. The van der Waals surface area contributed by atoms with Crippen LogP contribution in [0.15, 0.2) is 24.3 Å². The lowest BCUT2D eigenvalue weighted by Crippen LogP contribution is -2.42. The van der Waals surface area contributed by atoms with Crippen LogP contribution in [0.4, 0.5) is 0 Å². The maximum atomic E-state index is 12.1. The van der Waals surface area contributed by atoms with Gasteiger partial charge in [0, 0.05) is 18.2 Å². The Hall–Kier alpha value is -2.41. The lowest BCUT2D eigenvalue weighted by molar-refractivity contribution is -0.138. The Labute approximate surface area is 128 Å². The summed E-state index contributed by atoms with van der Waals surface area (Å²) in [5.41, 5.74) is 1.65. The summed E-state index contributed by atoms with van der Waals surface area (Å²) in [6, 6.07) is 6.60. The molecule has 2 rings (SSSR count). The van der Waals surface area contributed by atoms with Gasteiger partial charge in [-0.2, -0.15) is 0 Å². The largest absolute Gasteiger partial charge is 0.480 e. The maximum absolute atomic E-state index is 12.1.